The molecule has 104 valence electrons. The van der Waals surface area contributed by atoms with E-state index in [9.17, 15) is 0 Å². The quantitative estimate of drug-likeness (QED) is 0.430. The van der Waals surface area contributed by atoms with Crippen LogP contribution < -0.4 is 0 Å². The maximum atomic E-state index is 3.63. The van der Waals surface area contributed by atoms with Crippen LogP contribution in [-0.4, -0.2) is 0 Å². The Morgan fingerprint density at radius 3 is 1.47 bits per heavy atom. The van der Waals surface area contributed by atoms with Gasteiger partial charge in [0.25, 0.3) is 0 Å². The molecule has 19 heavy (non-hydrogen) atoms. The molecular weight excluding hydrogens is 272 g/mol. The Kier molecular flexibility index (Phi) is 11.4. The largest absolute Gasteiger partial charge is 0.748 e. The first-order valence-corrected chi connectivity index (χ1v) is 5.94. The van der Waals surface area contributed by atoms with Crippen LogP contribution >= 0.6 is 0 Å². The molecule has 0 nitrogen and oxygen atoms in total. The minimum Gasteiger partial charge on any atom is -0.748 e. The van der Waals surface area contributed by atoms with Crippen molar-refractivity contribution < 1.29 is 17.1 Å². The summed E-state index contributed by atoms with van der Waals surface area (Å²) >= 11 is 0. The molecule has 0 fully saturated rings. The summed E-state index contributed by atoms with van der Waals surface area (Å²) in [6, 6.07) is 30.0. The molecule has 0 aliphatic carbocycles. The van der Waals surface area contributed by atoms with Crippen LogP contribution in [0.1, 0.15) is 5.56 Å². The Hall–Kier alpha value is -1.82. The van der Waals surface area contributed by atoms with Crippen LogP contribution in [0, 0.1) is 0 Å². The number of hydrogen-bond acceptors (Lipinski definition) is 0. The topological polar surface area (TPSA) is 0 Å². The second-order valence-corrected chi connectivity index (χ2v) is 3.54. The third-order valence-corrected chi connectivity index (χ3v) is 2.15. The standard InChI is InChI=1S/C8H8.2C5H5.Fe/c1-2-8-6-4-3-5-7-8;2*1-2-4-5-3-1;/h2-7H,1H2;2*1-5H;/q;-5;-1;. The van der Waals surface area contributed by atoms with E-state index < -0.39 is 0 Å². The molecule has 0 bridgehead atoms. The van der Waals surface area contributed by atoms with Crippen LogP contribution in [0.4, 0.5) is 0 Å². The summed E-state index contributed by atoms with van der Waals surface area (Å²) in [6.45, 7) is 3.63. The van der Waals surface area contributed by atoms with Gasteiger partial charge in [0.2, 0.25) is 0 Å². The summed E-state index contributed by atoms with van der Waals surface area (Å²) in [5, 5.41) is 0. The van der Waals surface area contributed by atoms with Crippen LogP contribution in [0.25, 0.3) is 6.08 Å². The van der Waals surface area contributed by atoms with Gasteiger partial charge in [-0.1, -0.05) is 43.0 Å². The van der Waals surface area contributed by atoms with Gasteiger partial charge in [-0.25, -0.2) is 12.1 Å². The van der Waals surface area contributed by atoms with Gasteiger partial charge in [-0.3, -0.25) is 0 Å². The predicted octanol–water partition coefficient (Wildman–Crippen LogP) is 5.14. The molecule has 1 heteroatoms. The fourth-order valence-electron chi connectivity index (χ4n) is 1.23. The number of hydrogen-bond donors (Lipinski definition) is 0. The molecule has 0 aromatic heterocycles. The van der Waals surface area contributed by atoms with E-state index in [2.05, 4.69) is 6.58 Å². The zero-order chi connectivity index (χ0) is 12.9. The van der Waals surface area contributed by atoms with Crippen molar-refractivity contribution in [1.82, 2.24) is 0 Å². The minimum absolute atomic E-state index is 0. The zero-order valence-electron chi connectivity index (χ0n) is 10.8. The number of rotatable bonds is 1. The third-order valence-electron chi connectivity index (χ3n) is 2.15. The van der Waals surface area contributed by atoms with E-state index in [0.29, 0.717) is 0 Å². The van der Waals surface area contributed by atoms with Crippen molar-refractivity contribution >= 4 is 6.08 Å². The first-order chi connectivity index (χ1) is 8.93. The fourth-order valence-corrected chi connectivity index (χ4v) is 1.23. The van der Waals surface area contributed by atoms with Gasteiger partial charge in [-0.05, 0) is 5.56 Å². The van der Waals surface area contributed by atoms with E-state index >= 15 is 0 Å². The van der Waals surface area contributed by atoms with E-state index in [1.165, 1.54) is 5.56 Å². The third kappa shape index (κ3) is 9.84. The van der Waals surface area contributed by atoms with Crippen LogP contribution in [-0.2, 0) is 17.1 Å². The Bertz CT molecular complexity index is 403. The van der Waals surface area contributed by atoms with Gasteiger partial charge in [-0.2, -0.15) is 18.2 Å². The summed E-state index contributed by atoms with van der Waals surface area (Å²) < 4.78 is 0. The Morgan fingerprint density at radius 2 is 1.21 bits per heavy atom. The van der Waals surface area contributed by atoms with Crippen molar-refractivity contribution in [2.45, 2.75) is 0 Å². The Balaban J connectivity index is 0.000000259. The van der Waals surface area contributed by atoms with E-state index in [1.807, 2.05) is 97.1 Å². The maximum Gasteiger partial charge on any atom is 0 e. The van der Waals surface area contributed by atoms with Crippen molar-refractivity contribution in [2.24, 2.45) is 0 Å². The van der Waals surface area contributed by atoms with Crippen molar-refractivity contribution in [2.75, 3.05) is 0 Å². The van der Waals surface area contributed by atoms with Gasteiger partial charge >= 0.3 is 0 Å². The smallest absolute Gasteiger partial charge is 0 e. The van der Waals surface area contributed by atoms with Crippen molar-refractivity contribution in [3.05, 3.63) is 103 Å². The van der Waals surface area contributed by atoms with Crippen molar-refractivity contribution in [3.8, 4) is 0 Å². The average molecular weight is 290 g/mol. The summed E-state index contributed by atoms with van der Waals surface area (Å²) in [7, 11) is 0. The fraction of sp³-hybridized carbons (Fsp3) is 0. The molecule has 0 atom stereocenters. The predicted molar refractivity (Wildman–Crippen MR) is 80.6 cm³/mol. The van der Waals surface area contributed by atoms with Gasteiger partial charge in [0.05, 0.1) is 0 Å². The van der Waals surface area contributed by atoms with E-state index in [4.69, 9.17) is 0 Å². The second-order valence-electron chi connectivity index (χ2n) is 3.54. The minimum atomic E-state index is 0. The molecule has 0 unspecified atom stereocenters. The van der Waals surface area contributed by atoms with E-state index in [1.54, 1.807) is 0 Å². The molecular formula is C18H18Fe-6. The van der Waals surface area contributed by atoms with Crippen molar-refractivity contribution in [3.63, 3.8) is 0 Å². The summed E-state index contributed by atoms with van der Waals surface area (Å²) in [6.07, 6.45) is 1.83. The van der Waals surface area contributed by atoms with Gasteiger partial charge < -0.3 is 30.3 Å². The molecule has 3 aromatic carbocycles. The molecule has 0 N–H and O–H groups in total. The van der Waals surface area contributed by atoms with Crippen molar-refractivity contribution in [1.29, 1.82) is 0 Å². The van der Waals surface area contributed by atoms with Crippen LogP contribution in [0.15, 0.2) is 97.6 Å². The molecule has 0 saturated carbocycles. The van der Waals surface area contributed by atoms with Gasteiger partial charge in [0.1, 0.15) is 0 Å². The molecule has 3 aromatic rings. The zero-order valence-corrected chi connectivity index (χ0v) is 11.9. The molecule has 0 spiro atoms. The van der Waals surface area contributed by atoms with Crippen LogP contribution in [0.5, 0.6) is 0 Å². The molecule has 0 heterocycles. The summed E-state index contributed by atoms with van der Waals surface area (Å²) in [5.41, 5.74) is 1.17. The SMILES string of the molecule is C=Cc1ccccc1.[Fe].[cH-]1[cH-][cH-][cH-][cH-]1.c1cc[cH-]c1. The molecule has 0 aliphatic heterocycles. The monoisotopic (exact) mass is 290 g/mol. The van der Waals surface area contributed by atoms with E-state index in [0.717, 1.165) is 0 Å². The molecule has 0 saturated heterocycles. The molecule has 0 amide bonds. The first kappa shape index (κ1) is 17.2. The van der Waals surface area contributed by atoms with E-state index in [-0.39, 0.29) is 17.1 Å². The Morgan fingerprint density at radius 1 is 0.737 bits per heavy atom. The molecule has 0 aliphatic rings. The van der Waals surface area contributed by atoms with Crippen LogP contribution in [0.3, 0.4) is 0 Å². The van der Waals surface area contributed by atoms with Gasteiger partial charge in [0.15, 0.2) is 0 Å². The second kappa shape index (κ2) is 12.6. The van der Waals surface area contributed by atoms with Gasteiger partial charge in [-0.15, -0.1) is 0 Å². The first-order valence-electron chi connectivity index (χ1n) is 5.94. The Labute approximate surface area is 126 Å². The average Bonchev–Trinajstić information content (AvgIpc) is 3.17. The molecule has 0 radical (unpaired) electrons. The summed E-state index contributed by atoms with van der Waals surface area (Å²) in [5.74, 6) is 0. The maximum absolute atomic E-state index is 3.63. The molecule has 3 rings (SSSR count). The number of benzene rings is 1. The van der Waals surface area contributed by atoms with Gasteiger partial charge in [0, 0.05) is 17.1 Å². The van der Waals surface area contributed by atoms with Crippen LogP contribution in [0.2, 0.25) is 0 Å². The normalized spacial score (nSPS) is 7.79. The summed E-state index contributed by atoms with van der Waals surface area (Å²) in [4.78, 5) is 0.